The molecule has 0 aromatic heterocycles. The minimum Gasteiger partial charge on any atom is -0.544 e. The molecule has 0 aliphatic heterocycles. The molecule has 0 aliphatic carbocycles. The van der Waals surface area contributed by atoms with Crippen molar-refractivity contribution in [2.75, 3.05) is 41.0 Å². The number of aliphatic carboxylic acids is 1. The van der Waals surface area contributed by atoms with Gasteiger partial charge in [-0.3, -0.25) is 9.59 Å². The molecule has 52 heavy (non-hydrogen) atoms. The number of allylic oxidation sites excluding steroid dienone is 6. The summed E-state index contributed by atoms with van der Waals surface area (Å²) in [5.41, 5.74) is 0. The van der Waals surface area contributed by atoms with Crippen LogP contribution in [0.25, 0.3) is 0 Å². The molecule has 0 saturated heterocycles. The third-order valence-corrected chi connectivity index (χ3v) is 9.29. The number of carboxylic acid groups (broad SMARTS) is 1. The average Bonchev–Trinajstić information content (AvgIpc) is 3.09. The first kappa shape index (κ1) is 49.6. The molecular weight excluding hydrogens is 654 g/mol. The number of rotatable bonds is 37. The van der Waals surface area contributed by atoms with Crippen molar-refractivity contribution in [2.45, 2.75) is 187 Å². The van der Waals surface area contributed by atoms with E-state index in [1.165, 1.54) is 70.6 Å². The van der Waals surface area contributed by atoms with Gasteiger partial charge in [-0.05, 0) is 44.9 Å². The Morgan fingerprint density at radius 1 is 0.596 bits per heavy atom. The summed E-state index contributed by atoms with van der Waals surface area (Å²) < 4.78 is 17.1. The van der Waals surface area contributed by atoms with Crippen molar-refractivity contribution in [1.29, 1.82) is 0 Å². The SMILES string of the molecule is CC/C=C/C/C=C/C/C=C/CCCCCCC(=O)OC(COCCC(C(=O)[O-])[N+](C)(C)C)COC(=O)CCCCCCCCCCCCCCCC. The van der Waals surface area contributed by atoms with Gasteiger partial charge in [0.2, 0.25) is 0 Å². The van der Waals surface area contributed by atoms with Gasteiger partial charge in [-0.15, -0.1) is 0 Å². The number of carboxylic acids is 1. The number of quaternary nitrogens is 1. The number of unbranched alkanes of at least 4 members (excludes halogenated alkanes) is 17. The normalized spacial score (nSPS) is 13.3. The van der Waals surface area contributed by atoms with Crippen LogP contribution >= 0.6 is 0 Å². The summed E-state index contributed by atoms with van der Waals surface area (Å²) in [6.07, 6.45) is 38.8. The van der Waals surface area contributed by atoms with Gasteiger partial charge in [0.25, 0.3) is 0 Å². The molecule has 0 saturated carbocycles. The maximum absolute atomic E-state index is 12.7. The minimum absolute atomic E-state index is 0.0335. The standard InChI is InChI=1S/C44H79NO7/c1-6-8-10-12-14-16-18-20-22-24-26-28-30-32-34-42(46)51-39-40(38-50-37-36-41(44(48)49)45(3,4)5)52-43(47)35-33-31-29-27-25-23-21-19-17-15-13-11-9-7-2/h9,11,15,17,21,23,40-41H,6-8,10,12-14,16,18-20,22,24-39H2,1-5H3/b11-9+,17-15+,23-21+. The molecule has 0 radical (unpaired) electrons. The van der Waals surface area contributed by atoms with Crippen LogP contribution in [0.5, 0.6) is 0 Å². The summed E-state index contributed by atoms with van der Waals surface area (Å²) in [7, 11) is 5.39. The lowest BCUT2D eigenvalue weighted by atomic mass is 10.0. The fourth-order valence-electron chi connectivity index (χ4n) is 6.03. The fourth-order valence-corrected chi connectivity index (χ4v) is 6.03. The second-order valence-electron chi connectivity index (χ2n) is 15.2. The zero-order chi connectivity index (χ0) is 38.5. The smallest absolute Gasteiger partial charge is 0.306 e. The summed E-state index contributed by atoms with van der Waals surface area (Å²) in [4.78, 5) is 36.8. The van der Waals surface area contributed by atoms with Crippen LogP contribution in [0.2, 0.25) is 0 Å². The van der Waals surface area contributed by atoms with Crippen molar-refractivity contribution in [1.82, 2.24) is 0 Å². The van der Waals surface area contributed by atoms with Gasteiger partial charge in [-0.2, -0.15) is 0 Å². The van der Waals surface area contributed by atoms with Crippen LogP contribution in [0.4, 0.5) is 0 Å². The van der Waals surface area contributed by atoms with Crippen LogP contribution < -0.4 is 5.11 Å². The molecule has 302 valence electrons. The summed E-state index contributed by atoms with van der Waals surface area (Å²) >= 11 is 0. The molecule has 0 N–H and O–H groups in total. The van der Waals surface area contributed by atoms with Crippen LogP contribution in [0.1, 0.15) is 174 Å². The Balaban J connectivity index is 4.40. The van der Waals surface area contributed by atoms with Crippen LogP contribution in [0, 0.1) is 0 Å². The predicted octanol–water partition coefficient (Wildman–Crippen LogP) is 9.74. The van der Waals surface area contributed by atoms with E-state index in [4.69, 9.17) is 14.2 Å². The molecule has 0 heterocycles. The van der Waals surface area contributed by atoms with Gasteiger partial charge < -0.3 is 28.6 Å². The molecule has 0 aliphatic rings. The Bertz CT molecular complexity index is 953. The Kier molecular flexibility index (Phi) is 33.9. The molecule has 0 amide bonds. The van der Waals surface area contributed by atoms with Crippen molar-refractivity contribution in [3.63, 3.8) is 0 Å². The topological polar surface area (TPSA) is 102 Å². The Morgan fingerprint density at radius 3 is 1.60 bits per heavy atom. The van der Waals surface area contributed by atoms with Gasteiger partial charge >= 0.3 is 11.9 Å². The largest absolute Gasteiger partial charge is 0.544 e. The lowest BCUT2D eigenvalue weighted by molar-refractivity contribution is -0.889. The number of ether oxygens (including phenoxy) is 3. The van der Waals surface area contributed by atoms with E-state index in [0.717, 1.165) is 70.6 Å². The predicted molar refractivity (Wildman–Crippen MR) is 213 cm³/mol. The number of likely N-dealkylation sites (N-methyl/N-ethyl adjacent to an activating group) is 1. The zero-order valence-electron chi connectivity index (χ0n) is 34.2. The summed E-state index contributed by atoms with van der Waals surface area (Å²) in [5, 5.41) is 11.6. The lowest BCUT2D eigenvalue weighted by Gasteiger charge is -2.34. The van der Waals surface area contributed by atoms with E-state index >= 15 is 0 Å². The van der Waals surface area contributed by atoms with Crippen molar-refractivity contribution < 1.29 is 38.2 Å². The number of hydrogen-bond acceptors (Lipinski definition) is 7. The Labute approximate surface area is 319 Å². The third kappa shape index (κ3) is 33.4. The van der Waals surface area contributed by atoms with E-state index in [2.05, 4.69) is 50.3 Å². The van der Waals surface area contributed by atoms with Gasteiger partial charge in [0.05, 0.1) is 40.3 Å². The summed E-state index contributed by atoms with van der Waals surface area (Å²) in [5.74, 6) is -1.76. The Morgan fingerprint density at radius 2 is 1.08 bits per heavy atom. The highest BCUT2D eigenvalue weighted by Gasteiger charge is 2.25. The van der Waals surface area contributed by atoms with E-state index < -0.39 is 18.1 Å². The molecule has 0 aromatic rings. The monoisotopic (exact) mass is 734 g/mol. The first-order valence-electron chi connectivity index (χ1n) is 21.0. The molecule has 0 rings (SSSR count). The van der Waals surface area contributed by atoms with Crippen molar-refractivity contribution in [3.05, 3.63) is 36.5 Å². The van der Waals surface area contributed by atoms with E-state index in [-0.39, 0.29) is 42.7 Å². The van der Waals surface area contributed by atoms with Crippen LogP contribution in [-0.4, -0.2) is 75.5 Å². The molecule has 8 heteroatoms. The number of hydrogen-bond donors (Lipinski definition) is 0. The number of carbonyl (C=O) groups is 3. The van der Waals surface area contributed by atoms with E-state index in [1.807, 2.05) is 0 Å². The van der Waals surface area contributed by atoms with Gasteiger partial charge in [-0.1, -0.05) is 147 Å². The quantitative estimate of drug-likeness (QED) is 0.0271. The molecule has 8 nitrogen and oxygen atoms in total. The first-order valence-corrected chi connectivity index (χ1v) is 21.0. The highest BCUT2D eigenvalue weighted by Crippen LogP contribution is 2.14. The molecule has 0 fully saturated rings. The number of carbonyl (C=O) groups excluding carboxylic acids is 3. The minimum atomic E-state index is -1.13. The highest BCUT2D eigenvalue weighted by atomic mass is 16.6. The maximum Gasteiger partial charge on any atom is 0.306 e. The van der Waals surface area contributed by atoms with Gasteiger partial charge in [-0.25, -0.2) is 0 Å². The zero-order valence-corrected chi connectivity index (χ0v) is 34.2. The van der Waals surface area contributed by atoms with Crippen molar-refractivity contribution in [2.24, 2.45) is 0 Å². The van der Waals surface area contributed by atoms with Gasteiger partial charge in [0.15, 0.2) is 6.10 Å². The van der Waals surface area contributed by atoms with Crippen molar-refractivity contribution in [3.8, 4) is 0 Å². The second kappa shape index (κ2) is 35.6. The second-order valence-corrected chi connectivity index (χ2v) is 15.2. The number of nitrogens with zero attached hydrogens (tertiary/aromatic N) is 1. The van der Waals surface area contributed by atoms with E-state index in [0.29, 0.717) is 12.8 Å². The first-order chi connectivity index (χ1) is 25.1. The average molecular weight is 734 g/mol. The van der Waals surface area contributed by atoms with Crippen LogP contribution in [0.3, 0.4) is 0 Å². The molecule has 2 atom stereocenters. The summed E-state index contributed by atoms with van der Waals surface area (Å²) in [6, 6.07) is -0.728. The third-order valence-electron chi connectivity index (χ3n) is 9.29. The van der Waals surface area contributed by atoms with Crippen LogP contribution in [0.15, 0.2) is 36.5 Å². The number of esters is 2. The molecular formula is C44H79NO7. The Hall–Kier alpha value is -2.45. The van der Waals surface area contributed by atoms with Gasteiger partial charge in [0, 0.05) is 19.3 Å². The highest BCUT2D eigenvalue weighted by molar-refractivity contribution is 5.70. The van der Waals surface area contributed by atoms with E-state index in [9.17, 15) is 19.5 Å². The molecule has 0 bridgehead atoms. The summed E-state index contributed by atoms with van der Waals surface area (Å²) in [6.45, 7) is 4.52. The maximum atomic E-state index is 12.7. The molecule has 0 spiro atoms. The fraction of sp³-hybridized carbons (Fsp3) is 0.795. The van der Waals surface area contributed by atoms with Crippen molar-refractivity contribution >= 4 is 17.9 Å². The lowest BCUT2D eigenvalue weighted by Crippen LogP contribution is -2.55. The van der Waals surface area contributed by atoms with E-state index in [1.54, 1.807) is 21.1 Å². The molecule has 2 unspecified atom stereocenters. The van der Waals surface area contributed by atoms with Crippen LogP contribution in [-0.2, 0) is 28.6 Å². The molecule has 0 aromatic carbocycles. The van der Waals surface area contributed by atoms with Gasteiger partial charge in [0.1, 0.15) is 12.6 Å².